The first-order valence-electron chi connectivity index (χ1n) is 10.7. The van der Waals surface area contributed by atoms with Crippen molar-refractivity contribution < 1.29 is 33.4 Å². The minimum Gasteiger partial charge on any atom is -0.492 e. The molecule has 1 aliphatic heterocycles. The lowest BCUT2D eigenvalue weighted by Gasteiger charge is -2.17. The van der Waals surface area contributed by atoms with Gasteiger partial charge in [-0.1, -0.05) is 12.1 Å². The van der Waals surface area contributed by atoms with E-state index in [0.29, 0.717) is 29.3 Å². The van der Waals surface area contributed by atoms with E-state index in [2.05, 4.69) is 5.32 Å². The number of nitrogens with one attached hydrogen (secondary N) is 1. The lowest BCUT2D eigenvalue weighted by molar-refractivity contribution is -0.151. The number of esters is 2. The molecule has 0 radical (unpaired) electrons. The van der Waals surface area contributed by atoms with Gasteiger partial charge in [-0.3, -0.25) is 14.4 Å². The van der Waals surface area contributed by atoms with Crippen LogP contribution < -0.4 is 15.0 Å². The Balaban J connectivity index is 1.53. The summed E-state index contributed by atoms with van der Waals surface area (Å²) in [6.07, 6.45) is -0.0206. The average Bonchev–Trinajstić information content (AvgIpc) is 3.21. The van der Waals surface area contributed by atoms with Gasteiger partial charge in [0.2, 0.25) is 5.91 Å². The first kappa shape index (κ1) is 23.8. The van der Waals surface area contributed by atoms with E-state index >= 15 is 0 Å². The first-order chi connectivity index (χ1) is 15.9. The number of rotatable bonds is 9. The predicted molar refractivity (Wildman–Crippen MR) is 120 cm³/mol. The Morgan fingerprint density at radius 2 is 1.73 bits per heavy atom. The van der Waals surface area contributed by atoms with Crippen LogP contribution in [0.25, 0.3) is 0 Å². The molecule has 0 spiro atoms. The maximum atomic E-state index is 12.4. The number of benzene rings is 2. The topological polar surface area (TPSA) is 111 Å². The summed E-state index contributed by atoms with van der Waals surface area (Å²) in [5.74, 6) is -1.98. The summed E-state index contributed by atoms with van der Waals surface area (Å²) in [7, 11) is 0. The molecule has 1 heterocycles. The monoisotopic (exact) mass is 454 g/mol. The Hall–Kier alpha value is -3.88. The van der Waals surface area contributed by atoms with Gasteiger partial charge >= 0.3 is 11.9 Å². The van der Waals surface area contributed by atoms with Gasteiger partial charge in [0.05, 0.1) is 30.4 Å². The van der Waals surface area contributed by atoms with Gasteiger partial charge in [0.1, 0.15) is 5.75 Å². The van der Waals surface area contributed by atoms with E-state index in [-0.39, 0.29) is 25.5 Å². The van der Waals surface area contributed by atoms with Crippen LogP contribution in [0.4, 0.5) is 11.4 Å². The fourth-order valence-electron chi connectivity index (χ4n) is 3.40. The highest BCUT2D eigenvalue weighted by Crippen LogP contribution is 2.27. The van der Waals surface area contributed by atoms with E-state index in [1.165, 1.54) is 4.90 Å². The molecule has 0 saturated carbocycles. The summed E-state index contributed by atoms with van der Waals surface area (Å²) >= 11 is 0. The van der Waals surface area contributed by atoms with Gasteiger partial charge in [0.15, 0.2) is 6.61 Å². The van der Waals surface area contributed by atoms with Crippen molar-refractivity contribution in [3.63, 3.8) is 0 Å². The van der Waals surface area contributed by atoms with E-state index in [1.807, 2.05) is 6.92 Å². The molecular weight excluding hydrogens is 428 g/mol. The van der Waals surface area contributed by atoms with Gasteiger partial charge in [-0.2, -0.15) is 0 Å². The molecule has 33 heavy (non-hydrogen) atoms. The number of hydrogen-bond donors (Lipinski definition) is 1. The van der Waals surface area contributed by atoms with E-state index in [1.54, 1.807) is 55.5 Å². The minimum absolute atomic E-state index is 0.0206. The number of carbonyl (C=O) groups is 4. The SMILES string of the molecule is CCOC(=O)c1ccc(N2C[C@@H](C(=O)OCC(=O)Nc3ccccc3OCC)CC2=O)cc1. The number of para-hydroxylation sites is 2. The Morgan fingerprint density at radius 1 is 1.00 bits per heavy atom. The lowest BCUT2D eigenvalue weighted by Crippen LogP contribution is -2.28. The van der Waals surface area contributed by atoms with E-state index in [0.717, 1.165) is 0 Å². The van der Waals surface area contributed by atoms with Crippen molar-refractivity contribution >= 4 is 35.1 Å². The van der Waals surface area contributed by atoms with Crippen molar-refractivity contribution in [1.82, 2.24) is 0 Å². The third-order valence-corrected chi connectivity index (χ3v) is 4.95. The molecule has 1 fully saturated rings. The quantitative estimate of drug-likeness (QED) is 0.580. The molecule has 0 aromatic heterocycles. The van der Waals surface area contributed by atoms with Crippen molar-refractivity contribution in [3.8, 4) is 5.75 Å². The third-order valence-electron chi connectivity index (χ3n) is 4.95. The normalized spacial score (nSPS) is 15.2. The first-order valence-corrected chi connectivity index (χ1v) is 10.7. The number of ether oxygens (including phenoxy) is 3. The van der Waals surface area contributed by atoms with Crippen LogP contribution >= 0.6 is 0 Å². The van der Waals surface area contributed by atoms with Gasteiger partial charge in [-0.05, 0) is 50.2 Å². The molecule has 174 valence electrons. The maximum Gasteiger partial charge on any atom is 0.338 e. The van der Waals surface area contributed by atoms with Gasteiger partial charge < -0.3 is 24.4 Å². The second-order valence-corrected chi connectivity index (χ2v) is 7.26. The molecule has 9 heteroatoms. The molecule has 1 aliphatic rings. The Kier molecular flexibility index (Phi) is 8.01. The smallest absolute Gasteiger partial charge is 0.338 e. The molecule has 0 bridgehead atoms. The summed E-state index contributed by atoms with van der Waals surface area (Å²) in [4.78, 5) is 50.3. The fraction of sp³-hybridized carbons (Fsp3) is 0.333. The van der Waals surface area contributed by atoms with Crippen molar-refractivity contribution in [1.29, 1.82) is 0 Å². The predicted octanol–water partition coefficient (Wildman–Crippen LogP) is 2.80. The van der Waals surface area contributed by atoms with Crippen molar-refractivity contribution in [3.05, 3.63) is 54.1 Å². The van der Waals surface area contributed by atoms with Crippen LogP contribution in [0.1, 0.15) is 30.6 Å². The molecule has 2 aromatic rings. The second-order valence-electron chi connectivity index (χ2n) is 7.26. The number of anilines is 2. The molecule has 1 atom stereocenters. The molecule has 3 rings (SSSR count). The van der Waals surface area contributed by atoms with Gasteiger partial charge in [0, 0.05) is 18.7 Å². The van der Waals surface area contributed by atoms with E-state index in [9.17, 15) is 19.2 Å². The summed E-state index contributed by atoms with van der Waals surface area (Å²) in [6.45, 7) is 3.92. The van der Waals surface area contributed by atoms with Crippen LogP contribution in [0.2, 0.25) is 0 Å². The summed E-state index contributed by atoms with van der Waals surface area (Å²) in [5.41, 5.74) is 1.42. The standard InChI is InChI=1S/C24H26N2O7/c1-3-31-20-8-6-5-7-19(20)25-21(27)15-33-24(30)17-13-22(28)26(14-17)18-11-9-16(10-12-18)23(29)32-4-2/h5-12,17H,3-4,13-15H2,1-2H3,(H,25,27)/t17-/m0/s1. The van der Waals surface area contributed by atoms with E-state index < -0.39 is 30.4 Å². The highest BCUT2D eigenvalue weighted by atomic mass is 16.5. The molecule has 2 amide bonds. The van der Waals surface area contributed by atoms with Crippen LogP contribution in [0.3, 0.4) is 0 Å². The number of hydrogen-bond acceptors (Lipinski definition) is 7. The molecule has 1 N–H and O–H groups in total. The summed E-state index contributed by atoms with van der Waals surface area (Å²) in [6, 6.07) is 13.3. The molecule has 0 aliphatic carbocycles. The zero-order chi connectivity index (χ0) is 23.8. The summed E-state index contributed by atoms with van der Waals surface area (Å²) in [5, 5.41) is 2.65. The highest BCUT2D eigenvalue weighted by molar-refractivity contribution is 6.00. The Bertz CT molecular complexity index is 1020. The number of amides is 2. The highest BCUT2D eigenvalue weighted by Gasteiger charge is 2.36. The van der Waals surface area contributed by atoms with Crippen LogP contribution in [-0.2, 0) is 23.9 Å². The molecule has 9 nitrogen and oxygen atoms in total. The van der Waals surface area contributed by atoms with Crippen LogP contribution in [0.15, 0.2) is 48.5 Å². The Labute approximate surface area is 191 Å². The third kappa shape index (κ3) is 6.09. The van der Waals surface area contributed by atoms with Crippen LogP contribution in [0, 0.1) is 5.92 Å². The van der Waals surface area contributed by atoms with Crippen LogP contribution in [-0.4, -0.2) is 50.1 Å². The molecule has 1 saturated heterocycles. The molecule has 2 aromatic carbocycles. The number of carbonyl (C=O) groups excluding carboxylic acids is 4. The van der Waals surface area contributed by atoms with E-state index in [4.69, 9.17) is 14.2 Å². The van der Waals surface area contributed by atoms with Crippen molar-refractivity contribution in [2.45, 2.75) is 20.3 Å². The van der Waals surface area contributed by atoms with Crippen molar-refractivity contribution in [2.24, 2.45) is 5.92 Å². The van der Waals surface area contributed by atoms with Crippen LogP contribution in [0.5, 0.6) is 5.75 Å². The maximum absolute atomic E-state index is 12.4. The van der Waals surface area contributed by atoms with Crippen molar-refractivity contribution in [2.75, 3.05) is 36.6 Å². The average molecular weight is 454 g/mol. The van der Waals surface area contributed by atoms with Gasteiger partial charge in [0.25, 0.3) is 5.91 Å². The second kappa shape index (κ2) is 11.1. The largest absolute Gasteiger partial charge is 0.492 e. The zero-order valence-electron chi connectivity index (χ0n) is 18.5. The summed E-state index contributed by atoms with van der Waals surface area (Å²) < 4.78 is 15.5. The minimum atomic E-state index is -0.689. The molecule has 0 unspecified atom stereocenters. The van der Waals surface area contributed by atoms with Gasteiger partial charge in [-0.25, -0.2) is 4.79 Å². The number of nitrogens with zero attached hydrogens (tertiary/aromatic N) is 1. The Morgan fingerprint density at radius 3 is 2.42 bits per heavy atom. The molecular formula is C24H26N2O7. The van der Waals surface area contributed by atoms with Gasteiger partial charge in [-0.15, -0.1) is 0 Å². The zero-order valence-corrected chi connectivity index (χ0v) is 18.5. The fourth-order valence-corrected chi connectivity index (χ4v) is 3.40. The lowest BCUT2D eigenvalue weighted by atomic mass is 10.1.